The average molecular weight is 185 g/mol. The molecule has 78 valence electrons. The molecule has 1 saturated carbocycles. The largest absolute Gasteiger partial charge is 0.377 e. The van der Waals surface area contributed by atoms with Gasteiger partial charge in [-0.1, -0.05) is 32.6 Å². The molecule has 0 aromatic heterocycles. The fourth-order valence-electron chi connectivity index (χ4n) is 1.92. The summed E-state index contributed by atoms with van der Waals surface area (Å²) in [6.45, 7) is 3.12. The molecule has 0 aliphatic heterocycles. The molecule has 0 heterocycles. The Kier molecular flexibility index (Phi) is 5.40. The summed E-state index contributed by atoms with van der Waals surface area (Å²) in [7, 11) is 0. The van der Waals surface area contributed by atoms with Crippen molar-refractivity contribution in [3.63, 3.8) is 0 Å². The topological polar surface area (TPSA) is 35.2 Å². The summed E-state index contributed by atoms with van der Waals surface area (Å²) in [5.41, 5.74) is 5.97. The first-order chi connectivity index (χ1) is 6.34. The second-order valence-electron chi connectivity index (χ2n) is 4.06. The summed E-state index contributed by atoms with van der Waals surface area (Å²) >= 11 is 0. The minimum Gasteiger partial charge on any atom is -0.377 e. The molecule has 2 heteroatoms. The van der Waals surface area contributed by atoms with Crippen LogP contribution in [0.3, 0.4) is 0 Å². The Morgan fingerprint density at radius 3 is 2.69 bits per heavy atom. The third-order valence-corrected chi connectivity index (χ3v) is 2.83. The van der Waals surface area contributed by atoms with E-state index in [2.05, 4.69) is 6.92 Å². The first-order valence-electron chi connectivity index (χ1n) is 5.71. The lowest BCUT2D eigenvalue weighted by Gasteiger charge is -2.28. The van der Waals surface area contributed by atoms with Crippen LogP contribution in [0.5, 0.6) is 0 Å². The van der Waals surface area contributed by atoms with Crippen LogP contribution in [0.1, 0.15) is 51.9 Å². The maximum atomic E-state index is 5.97. The fourth-order valence-corrected chi connectivity index (χ4v) is 1.92. The molecule has 0 aromatic carbocycles. The smallest absolute Gasteiger partial charge is 0.0725 e. The van der Waals surface area contributed by atoms with E-state index >= 15 is 0 Å². The first-order valence-corrected chi connectivity index (χ1v) is 5.71. The van der Waals surface area contributed by atoms with Crippen LogP contribution < -0.4 is 5.73 Å². The van der Waals surface area contributed by atoms with Crippen molar-refractivity contribution in [1.29, 1.82) is 0 Å². The van der Waals surface area contributed by atoms with Crippen LogP contribution >= 0.6 is 0 Å². The Hall–Kier alpha value is -0.0800. The van der Waals surface area contributed by atoms with E-state index in [-0.39, 0.29) is 0 Å². The van der Waals surface area contributed by atoms with Gasteiger partial charge in [0.25, 0.3) is 0 Å². The number of nitrogens with two attached hydrogens (primary N) is 1. The predicted molar refractivity (Wildman–Crippen MR) is 55.7 cm³/mol. The van der Waals surface area contributed by atoms with Gasteiger partial charge in [-0.25, -0.2) is 0 Å². The number of unbranched alkanes of at least 4 members (excludes halogenated alkanes) is 2. The summed E-state index contributed by atoms with van der Waals surface area (Å²) in [6.07, 6.45) is 9.00. The van der Waals surface area contributed by atoms with Crippen LogP contribution in [-0.2, 0) is 4.74 Å². The van der Waals surface area contributed by atoms with Gasteiger partial charge in [-0.05, 0) is 19.3 Å². The number of rotatable bonds is 5. The lowest BCUT2D eigenvalue weighted by molar-refractivity contribution is 0.0133. The molecule has 1 aliphatic carbocycles. The summed E-state index contributed by atoms with van der Waals surface area (Å²) in [4.78, 5) is 0. The van der Waals surface area contributed by atoms with Gasteiger partial charge in [-0.3, -0.25) is 0 Å². The Morgan fingerprint density at radius 2 is 2.00 bits per heavy atom. The highest BCUT2D eigenvalue weighted by molar-refractivity contribution is 4.78. The van der Waals surface area contributed by atoms with Crippen molar-refractivity contribution in [3.05, 3.63) is 0 Å². The minimum absolute atomic E-state index is 0.301. The Bertz CT molecular complexity index is 127. The molecule has 2 nitrogen and oxygen atoms in total. The summed E-state index contributed by atoms with van der Waals surface area (Å²) in [5.74, 6) is 0. The van der Waals surface area contributed by atoms with Gasteiger partial charge in [-0.15, -0.1) is 0 Å². The quantitative estimate of drug-likeness (QED) is 0.668. The van der Waals surface area contributed by atoms with E-state index in [1.54, 1.807) is 0 Å². The highest BCUT2D eigenvalue weighted by atomic mass is 16.5. The van der Waals surface area contributed by atoms with Gasteiger partial charge < -0.3 is 10.5 Å². The van der Waals surface area contributed by atoms with Crippen molar-refractivity contribution in [3.8, 4) is 0 Å². The lowest BCUT2D eigenvalue weighted by Crippen LogP contribution is -2.39. The number of hydrogen-bond donors (Lipinski definition) is 1. The molecule has 2 atom stereocenters. The standard InChI is InChI=1S/C11H23NO/c1-2-3-6-9-13-11-8-5-4-7-10(11)12/h10-11H,2-9,12H2,1H3. The zero-order valence-corrected chi connectivity index (χ0v) is 8.80. The maximum Gasteiger partial charge on any atom is 0.0725 e. The molecule has 0 bridgehead atoms. The van der Waals surface area contributed by atoms with Gasteiger partial charge in [0.15, 0.2) is 0 Å². The Morgan fingerprint density at radius 1 is 1.23 bits per heavy atom. The molecule has 2 N–H and O–H groups in total. The van der Waals surface area contributed by atoms with Gasteiger partial charge >= 0.3 is 0 Å². The van der Waals surface area contributed by atoms with E-state index in [0.29, 0.717) is 12.1 Å². The zero-order chi connectivity index (χ0) is 9.52. The van der Waals surface area contributed by atoms with Gasteiger partial charge in [0.1, 0.15) is 0 Å². The molecule has 0 amide bonds. The third kappa shape index (κ3) is 4.10. The van der Waals surface area contributed by atoms with Gasteiger partial charge in [0.05, 0.1) is 6.10 Å². The van der Waals surface area contributed by atoms with E-state index in [1.165, 1.54) is 38.5 Å². The van der Waals surface area contributed by atoms with Crippen LogP contribution in [0, 0.1) is 0 Å². The molecule has 1 fully saturated rings. The van der Waals surface area contributed by atoms with Gasteiger partial charge in [0.2, 0.25) is 0 Å². The van der Waals surface area contributed by atoms with Gasteiger partial charge in [0, 0.05) is 12.6 Å². The molecule has 2 unspecified atom stereocenters. The highest BCUT2D eigenvalue weighted by Crippen LogP contribution is 2.19. The van der Waals surface area contributed by atoms with Gasteiger partial charge in [-0.2, -0.15) is 0 Å². The first kappa shape index (κ1) is 11.0. The van der Waals surface area contributed by atoms with E-state index in [4.69, 9.17) is 10.5 Å². The van der Waals surface area contributed by atoms with Crippen LogP contribution in [0.25, 0.3) is 0 Å². The van der Waals surface area contributed by atoms with Crippen LogP contribution in [0.2, 0.25) is 0 Å². The second-order valence-corrected chi connectivity index (χ2v) is 4.06. The van der Waals surface area contributed by atoms with E-state index in [9.17, 15) is 0 Å². The fraction of sp³-hybridized carbons (Fsp3) is 1.00. The summed E-state index contributed by atoms with van der Waals surface area (Å²) in [5, 5.41) is 0. The zero-order valence-electron chi connectivity index (χ0n) is 8.80. The molecule has 0 radical (unpaired) electrons. The third-order valence-electron chi connectivity index (χ3n) is 2.83. The number of ether oxygens (including phenoxy) is 1. The molecule has 1 aliphatic rings. The van der Waals surface area contributed by atoms with Crippen molar-refractivity contribution in [2.75, 3.05) is 6.61 Å². The highest BCUT2D eigenvalue weighted by Gasteiger charge is 2.21. The van der Waals surface area contributed by atoms with Crippen molar-refractivity contribution in [2.24, 2.45) is 5.73 Å². The maximum absolute atomic E-state index is 5.97. The van der Waals surface area contributed by atoms with Crippen LogP contribution in [-0.4, -0.2) is 18.8 Å². The van der Waals surface area contributed by atoms with Crippen LogP contribution in [0.4, 0.5) is 0 Å². The molecule has 0 spiro atoms. The molecule has 0 aromatic rings. The summed E-state index contributed by atoms with van der Waals surface area (Å²) < 4.78 is 5.77. The van der Waals surface area contributed by atoms with E-state index in [0.717, 1.165) is 13.0 Å². The molecule has 0 saturated heterocycles. The second kappa shape index (κ2) is 6.39. The minimum atomic E-state index is 0.301. The molecule has 1 rings (SSSR count). The Balaban J connectivity index is 2.05. The summed E-state index contributed by atoms with van der Waals surface area (Å²) in [6, 6.07) is 0.301. The van der Waals surface area contributed by atoms with Crippen molar-refractivity contribution < 1.29 is 4.74 Å². The molecular weight excluding hydrogens is 162 g/mol. The van der Waals surface area contributed by atoms with E-state index in [1.807, 2.05) is 0 Å². The number of hydrogen-bond acceptors (Lipinski definition) is 2. The van der Waals surface area contributed by atoms with Crippen LogP contribution in [0.15, 0.2) is 0 Å². The van der Waals surface area contributed by atoms with E-state index < -0.39 is 0 Å². The molecular formula is C11H23NO. The monoisotopic (exact) mass is 185 g/mol. The van der Waals surface area contributed by atoms with Crippen molar-refractivity contribution in [1.82, 2.24) is 0 Å². The average Bonchev–Trinajstić information content (AvgIpc) is 2.15. The lowest BCUT2D eigenvalue weighted by atomic mass is 9.93. The normalized spacial score (nSPS) is 29.1. The predicted octanol–water partition coefficient (Wildman–Crippen LogP) is 2.46. The van der Waals surface area contributed by atoms with Crippen molar-refractivity contribution >= 4 is 0 Å². The van der Waals surface area contributed by atoms with Crippen molar-refractivity contribution in [2.45, 2.75) is 64.0 Å². The SMILES string of the molecule is CCCCCOC1CCCCC1N. The molecule has 13 heavy (non-hydrogen) atoms. The Labute approximate surface area is 81.8 Å².